The van der Waals surface area contributed by atoms with E-state index in [1.807, 2.05) is 24.3 Å². The average Bonchev–Trinajstić information content (AvgIpc) is 2.40. The molecule has 0 heterocycles. The van der Waals surface area contributed by atoms with Crippen LogP contribution >= 0.6 is 23.2 Å². The molecule has 1 unspecified atom stereocenters. The van der Waals surface area contributed by atoms with Crippen molar-refractivity contribution in [3.05, 3.63) is 58.1 Å². The molecule has 3 N–H and O–H groups in total. The smallest absolute Gasteiger partial charge is 0.320 e. The summed E-state index contributed by atoms with van der Waals surface area (Å²) in [6.45, 7) is 0. The van der Waals surface area contributed by atoms with Crippen molar-refractivity contribution >= 4 is 29.2 Å². The molecular weight excluding hydrogens is 297 g/mol. The molecule has 104 valence electrons. The summed E-state index contributed by atoms with van der Waals surface area (Å²) in [7, 11) is 0. The number of hydrogen-bond acceptors (Lipinski definition) is 2. The Labute approximate surface area is 126 Å². The number of aliphatic carboxylic acids is 1. The Morgan fingerprint density at radius 2 is 1.65 bits per heavy atom. The number of rotatable bonds is 4. The molecule has 1 atom stereocenters. The number of hydrogen-bond donors (Lipinski definition) is 2. The van der Waals surface area contributed by atoms with Crippen LogP contribution in [0.4, 0.5) is 0 Å². The van der Waals surface area contributed by atoms with Crippen LogP contribution in [0.5, 0.6) is 0 Å². The summed E-state index contributed by atoms with van der Waals surface area (Å²) in [6.07, 6.45) is 0.284. The average molecular weight is 310 g/mol. The molecule has 0 saturated carbocycles. The third-order valence-electron chi connectivity index (χ3n) is 2.98. The molecule has 0 aliphatic carbocycles. The van der Waals surface area contributed by atoms with E-state index in [-0.39, 0.29) is 6.42 Å². The van der Waals surface area contributed by atoms with Crippen molar-refractivity contribution in [2.45, 2.75) is 12.5 Å². The topological polar surface area (TPSA) is 63.3 Å². The zero-order valence-corrected chi connectivity index (χ0v) is 12.0. The summed E-state index contributed by atoms with van der Waals surface area (Å²) in [6, 6.07) is 11.8. The van der Waals surface area contributed by atoms with Gasteiger partial charge in [0.25, 0.3) is 0 Å². The molecule has 2 aromatic rings. The third kappa shape index (κ3) is 3.31. The predicted octanol–water partition coefficient (Wildman–Crippen LogP) is 3.61. The van der Waals surface area contributed by atoms with Crippen LogP contribution in [0.15, 0.2) is 42.5 Å². The second-order valence-electron chi connectivity index (χ2n) is 4.44. The van der Waals surface area contributed by atoms with Crippen molar-refractivity contribution in [3.8, 4) is 11.1 Å². The minimum atomic E-state index is -1.01. The first-order valence-corrected chi connectivity index (χ1v) is 6.76. The van der Waals surface area contributed by atoms with Crippen LogP contribution in [0.2, 0.25) is 10.0 Å². The maximum atomic E-state index is 10.7. The van der Waals surface area contributed by atoms with E-state index in [9.17, 15) is 4.79 Å². The lowest BCUT2D eigenvalue weighted by Crippen LogP contribution is -2.32. The van der Waals surface area contributed by atoms with Crippen LogP contribution in [0.3, 0.4) is 0 Å². The lowest BCUT2D eigenvalue weighted by molar-refractivity contribution is -0.138. The molecule has 0 bridgehead atoms. The van der Waals surface area contributed by atoms with Gasteiger partial charge < -0.3 is 10.8 Å². The van der Waals surface area contributed by atoms with Crippen molar-refractivity contribution in [3.63, 3.8) is 0 Å². The van der Waals surface area contributed by atoms with Crippen molar-refractivity contribution in [1.29, 1.82) is 0 Å². The van der Waals surface area contributed by atoms with Crippen molar-refractivity contribution in [2.75, 3.05) is 0 Å². The van der Waals surface area contributed by atoms with Crippen molar-refractivity contribution in [1.82, 2.24) is 0 Å². The highest BCUT2D eigenvalue weighted by Gasteiger charge is 2.13. The van der Waals surface area contributed by atoms with Crippen LogP contribution in [0.25, 0.3) is 11.1 Å². The molecule has 3 nitrogen and oxygen atoms in total. The normalized spacial score (nSPS) is 12.2. The lowest BCUT2D eigenvalue weighted by Gasteiger charge is -2.09. The highest BCUT2D eigenvalue weighted by Crippen LogP contribution is 2.34. The lowest BCUT2D eigenvalue weighted by atomic mass is 10.0. The van der Waals surface area contributed by atoms with Gasteiger partial charge in [-0.05, 0) is 29.7 Å². The molecular formula is C15H13Cl2NO2. The largest absolute Gasteiger partial charge is 0.480 e. The van der Waals surface area contributed by atoms with E-state index < -0.39 is 12.0 Å². The second-order valence-corrected chi connectivity index (χ2v) is 5.26. The van der Waals surface area contributed by atoms with Gasteiger partial charge in [0, 0.05) is 15.6 Å². The van der Waals surface area contributed by atoms with E-state index in [1.54, 1.807) is 18.2 Å². The quantitative estimate of drug-likeness (QED) is 0.906. The van der Waals surface area contributed by atoms with Crippen LogP contribution in [0.1, 0.15) is 5.56 Å². The number of carboxylic acids is 1. The van der Waals surface area contributed by atoms with E-state index in [2.05, 4.69) is 0 Å². The summed E-state index contributed by atoms with van der Waals surface area (Å²) in [5, 5.41) is 9.94. The Kier molecular flexibility index (Phi) is 4.65. The third-order valence-corrected chi connectivity index (χ3v) is 3.61. The number of halogens is 2. The minimum Gasteiger partial charge on any atom is -0.480 e. The fourth-order valence-electron chi connectivity index (χ4n) is 1.92. The molecule has 0 fully saturated rings. The Balaban J connectivity index is 2.27. The Hall–Kier alpha value is -1.55. The summed E-state index contributed by atoms with van der Waals surface area (Å²) < 4.78 is 0. The Morgan fingerprint density at radius 3 is 2.15 bits per heavy atom. The van der Waals surface area contributed by atoms with Crippen LogP contribution in [-0.2, 0) is 11.2 Å². The number of carboxylic acid groups (broad SMARTS) is 1. The second kappa shape index (κ2) is 6.27. The summed E-state index contributed by atoms with van der Waals surface area (Å²) in [5.74, 6) is -1.01. The first-order chi connectivity index (χ1) is 9.49. The molecule has 20 heavy (non-hydrogen) atoms. The fraction of sp³-hybridized carbons (Fsp3) is 0.133. The molecule has 0 aliphatic rings. The van der Waals surface area contributed by atoms with Crippen molar-refractivity contribution < 1.29 is 9.90 Å². The molecule has 2 aromatic carbocycles. The zero-order valence-electron chi connectivity index (χ0n) is 10.5. The van der Waals surface area contributed by atoms with E-state index in [0.717, 1.165) is 16.7 Å². The number of benzene rings is 2. The molecule has 0 spiro atoms. The maximum absolute atomic E-state index is 10.7. The maximum Gasteiger partial charge on any atom is 0.320 e. The predicted molar refractivity (Wildman–Crippen MR) is 81.2 cm³/mol. The summed E-state index contributed by atoms with van der Waals surface area (Å²) >= 11 is 12.3. The van der Waals surface area contributed by atoms with Gasteiger partial charge in [0.1, 0.15) is 6.04 Å². The molecule has 0 aromatic heterocycles. The monoisotopic (exact) mass is 309 g/mol. The van der Waals surface area contributed by atoms with Gasteiger partial charge in [-0.2, -0.15) is 0 Å². The van der Waals surface area contributed by atoms with Crippen LogP contribution in [0, 0.1) is 0 Å². The molecule has 0 radical (unpaired) electrons. The minimum absolute atomic E-state index is 0.284. The SMILES string of the molecule is NC(Cc1ccc(-c2c(Cl)cccc2Cl)cc1)C(=O)O. The van der Waals surface area contributed by atoms with E-state index in [0.29, 0.717) is 10.0 Å². The van der Waals surface area contributed by atoms with Gasteiger partial charge in [-0.15, -0.1) is 0 Å². The molecule has 0 saturated heterocycles. The standard InChI is InChI=1S/C15H13Cl2NO2/c16-11-2-1-3-12(17)14(11)10-6-4-9(5-7-10)8-13(18)15(19)20/h1-7,13H,8,18H2,(H,19,20). The van der Waals surface area contributed by atoms with Gasteiger partial charge in [-0.1, -0.05) is 53.5 Å². The first kappa shape index (κ1) is 14.9. The van der Waals surface area contributed by atoms with Crippen LogP contribution < -0.4 is 5.73 Å². The van der Waals surface area contributed by atoms with E-state index >= 15 is 0 Å². The Morgan fingerprint density at radius 1 is 1.10 bits per heavy atom. The molecule has 0 amide bonds. The van der Waals surface area contributed by atoms with Crippen molar-refractivity contribution in [2.24, 2.45) is 5.73 Å². The molecule has 2 rings (SSSR count). The molecule has 0 aliphatic heterocycles. The van der Waals surface area contributed by atoms with Gasteiger partial charge in [0.2, 0.25) is 0 Å². The number of carbonyl (C=O) groups is 1. The summed E-state index contributed by atoms with van der Waals surface area (Å²) in [5.41, 5.74) is 8.01. The molecule has 5 heteroatoms. The van der Waals surface area contributed by atoms with Gasteiger partial charge in [0.15, 0.2) is 0 Å². The van der Waals surface area contributed by atoms with Gasteiger partial charge >= 0.3 is 5.97 Å². The van der Waals surface area contributed by atoms with Gasteiger partial charge in [-0.25, -0.2) is 0 Å². The number of nitrogens with two attached hydrogens (primary N) is 1. The van der Waals surface area contributed by atoms with E-state index in [4.69, 9.17) is 34.0 Å². The summed E-state index contributed by atoms with van der Waals surface area (Å²) in [4.78, 5) is 10.7. The fourth-order valence-corrected chi connectivity index (χ4v) is 2.54. The highest BCUT2D eigenvalue weighted by atomic mass is 35.5. The highest BCUT2D eigenvalue weighted by molar-refractivity contribution is 6.39. The van der Waals surface area contributed by atoms with Crippen LogP contribution in [-0.4, -0.2) is 17.1 Å². The first-order valence-electron chi connectivity index (χ1n) is 6.00. The van der Waals surface area contributed by atoms with Gasteiger partial charge in [0.05, 0.1) is 0 Å². The van der Waals surface area contributed by atoms with Gasteiger partial charge in [-0.3, -0.25) is 4.79 Å². The Bertz CT molecular complexity index is 606. The van der Waals surface area contributed by atoms with E-state index in [1.165, 1.54) is 0 Å². The zero-order chi connectivity index (χ0) is 14.7.